The number of hydrogen-bond donors (Lipinski definition) is 1. The van der Waals surface area contributed by atoms with Gasteiger partial charge in [0.2, 0.25) is 0 Å². The van der Waals surface area contributed by atoms with Crippen molar-refractivity contribution in [1.82, 2.24) is 4.90 Å². The Balaban J connectivity index is 1.89. The van der Waals surface area contributed by atoms with Crippen molar-refractivity contribution in [2.75, 3.05) is 31.5 Å². The van der Waals surface area contributed by atoms with Crippen LogP contribution < -0.4 is 5.32 Å². The van der Waals surface area contributed by atoms with E-state index < -0.39 is 0 Å². The van der Waals surface area contributed by atoms with E-state index >= 15 is 0 Å². The van der Waals surface area contributed by atoms with Crippen LogP contribution in [0, 0.1) is 13.8 Å². The fraction of sp³-hybridized carbons (Fsp3) is 0.571. The molecule has 1 heterocycles. The van der Waals surface area contributed by atoms with Crippen molar-refractivity contribution >= 4 is 21.6 Å². The normalized spacial score (nSPS) is 16.4. The van der Waals surface area contributed by atoms with Crippen LogP contribution in [-0.4, -0.2) is 31.1 Å². The fourth-order valence-corrected chi connectivity index (χ4v) is 3.22. The Kier molecular flexibility index (Phi) is 4.46. The average molecular weight is 297 g/mol. The molecule has 94 valence electrons. The quantitative estimate of drug-likeness (QED) is 0.914. The van der Waals surface area contributed by atoms with E-state index in [1.165, 1.54) is 42.7 Å². The Labute approximate surface area is 113 Å². The van der Waals surface area contributed by atoms with E-state index in [-0.39, 0.29) is 0 Å². The summed E-state index contributed by atoms with van der Waals surface area (Å²) in [6.45, 7) is 9.09. The van der Waals surface area contributed by atoms with E-state index in [2.05, 4.69) is 52.1 Å². The molecule has 17 heavy (non-hydrogen) atoms. The first-order valence-corrected chi connectivity index (χ1v) is 7.19. The summed E-state index contributed by atoms with van der Waals surface area (Å²) in [5, 5.41) is 3.57. The Morgan fingerprint density at radius 1 is 1.18 bits per heavy atom. The molecule has 0 unspecified atom stereocenters. The molecule has 1 aromatic carbocycles. The molecule has 2 nitrogen and oxygen atoms in total. The second kappa shape index (κ2) is 5.87. The first kappa shape index (κ1) is 12.9. The van der Waals surface area contributed by atoms with Gasteiger partial charge in [-0.15, -0.1) is 0 Å². The van der Waals surface area contributed by atoms with Gasteiger partial charge in [0.05, 0.1) is 0 Å². The first-order chi connectivity index (χ1) is 8.16. The predicted octanol–water partition coefficient (Wildman–Crippen LogP) is 3.57. The lowest BCUT2D eigenvalue weighted by Crippen LogP contribution is -2.26. The number of aryl methyl sites for hydroxylation is 2. The molecule has 1 fully saturated rings. The van der Waals surface area contributed by atoms with E-state index in [1.807, 2.05) is 0 Å². The molecular formula is C14H21BrN2. The zero-order valence-electron chi connectivity index (χ0n) is 10.7. The van der Waals surface area contributed by atoms with Crippen LogP contribution in [0.3, 0.4) is 0 Å². The van der Waals surface area contributed by atoms with E-state index in [0.717, 1.165) is 17.6 Å². The van der Waals surface area contributed by atoms with Gasteiger partial charge >= 0.3 is 0 Å². The van der Waals surface area contributed by atoms with Gasteiger partial charge < -0.3 is 10.2 Å². The number of nitrogens with zero attached hydrogens (tertiary/aromatic N) is 1. The zero-order valence-corrected chi connectivity index (χ0v) is 12.3. The summed E-state index contributed by atoms with van der Waals surface area (Å²) in [5.41, 5.74) is 3.93. The smallest absolute Gasteiger partial charge is 0.0400 e. The Morgan fingerprint density at radius 3 is 2.35 bits per heavy atom. The second-order valence-electron chi connectivity index (χ2n) is 4.89. The summed E-state index contributed by atoms with van der Waals surface area (Å²) < 4.78 is 1.16. The highest BCUT2D eigenvalue weighted by Gasteiger charge is 2.11. The minimum atomic E-state index is 1.04. The fourth-order valence-electron chi connectivity index (χ4n) is 2.53. The number of halogens is 1. The van der Waals surface area contributed by atoms with Crippen LogP contribution in [0.15, 0.2) is 16.6 Å². The minimum Gasteiger partial charge on any atom is -0.383 e. The lowest BCUT2D eigenvalue weighted by Gasteiger charge is -2.17. The van der Waals surface area contributed by atoms with Gasteiger partial charge in [-0.2, -0.15) is 0 Å². The number of nitrogens with one attached hydrogen (secondary N) is 1. The van der Waals surface area contributed by atoms with Gasteiger partial charge in [0.25, 0.3) is 0 Å². The van der Waals surface area contributed by atoms with Gasteiger partial charge in [-0.1, -0.05) is 15.9 Å². The molecule has 0 radical (unpaired) electrons. The van der Waals surface area contributed by atoms with Crippen LogP contribution >= 0.6 is 15.9 Å². The highest BCUT2D eigenvalue weighted by atomic mass is 79.9. The molecule has 0 spiro atoms. The molecule has 0 aliphatic carbocycles. The van der Waals surface area contributed by atoms with Crippen LogP contribution in [0.1, 0.15) is 24.0 Å². The van der Waals surface area contributed by atoms with Crippen LogP contribution in [-0.2, 0) is 0 Å². The SMILES string of the molecule is Cc1cc(Br)cc(C)c1NCCN1CCCC1. The maximum atomic E-state index is 3.57. The van der Waals surface area contributed by atoms with Gasteiger partial charge in [0.1, 0.15) is 0 Å². The van der Waals surface area contributed by atoms with Crippen LogP contribution in [0.4, 0.5) is 5.69 Å². The monoisotopic (exact) mass is 296 g/mol. The van der Waals surface area contributed by atoms with Crippen molar-refractivity contribution in [2.24, 2.45) is 0 Å². The number of rotatable bonds is 4. The number of likely N-dealkylation sites (tertiary alicyclic amines) is 1. The summed E-state index contributed by atoms with van der Waals surface area (Å²) >= 11 is 3.53. The van der Waals surface area contributed by atoms with E-state index in [4.69, 9.17) is 0 Å². The van der Waals surface area contributed by atoms with Crippen molar-refractivity contribution in [2.45, 2.75) is 26.7 Å². The summed E-state index contributed by atoms with van der Waals surface area (Å²) in [5.74, 6) is 0. The zero-order chi connectivity index (χ0) is 12.3. The molecule has 0 saturated carbocycles. The largest absolute Gasteiger partial charge is 0.383 e. The van der Waals surface area contributed by atoms with E-state index in [1.54, 1.807) is 0 Å². The van der Waals surface area contributed by atoms with Crippen LogP contribution in [0.5, 0.6) is 0 Å². The summed E-state index contributed by atoms with van der Waals surface area (Å²) in [6, 6.07) is 4.34. The third-order valence-electron chi connectivity index (χ3n) is 3.43. The van der Waals surface area contributed by atoms with Gasteiger partial charge in [0, 0.05) is 23.2 Å². The van der Waals surface area contributed by atoms with Gasteiger partial charge in [-0.3, -0.25) is 0 Å². The second-order valence-corrected chi connectivity index (χ2v) is 5.81. The molecule has 1 N–H and O–H groups in total. The average Bonchev–Trinajstić information content (AvgIpc) is 2.74. The topological polar surface area (TPSA) is 15.3 Å². The van der Waals surface area contributed by atoms with Crippen molar-refractivity contribution in [3.8, 4) is 0 Å². The standard InChI is InChI=1S/C14H21BrN2/c1-11-9-13(15)10-12(2)14(11)16-5-8-17-6-3-4-7-17/h9-10,16H,3-8H2,1-2H3. The molecule has 0 atom stereocenters. The Bertz CT molecular complexity index is 361. The molecule has 1 aromatic rings. The molecule has 3 heteroatoms. The number of anilines is 1. The molecule has 0 amide bonds. The maximum absolute atomic E-state index is 3.57. The predicted molar refractivity (Wildman–Crippen MR) is 77.8 cm³/mol. The maximum Gasteiger partial charge on any atom is 0.0400 e. The summed E-state index contributed by atoms with van der Waals surface area (Å²) in [7, 11) is 0. The molecular weight excluding hydrogens is 276 g/mol. The lowest BCUT2D eigenvalue weighted by atomic mass is 10.1. The molecule has 0 aromatic heterocycles. The van der Waals surface area contributed by atoms with Crippen molar-refractivity contribution in [3.63, 3.8) is 0 Å². The first-order valence-electron chi connectivity index (χ1n) is 6.40. The van der Waals surface area contributed by atoms with Crippen molar-refractivity contribution in [3.05, 3.63) is 27.7 Å². The van der Waals surface area contributed by atoms with Gasteiger partial charge in [-0.25, -0.2) is 0 Å². The van der Waals surface area contributed by atoms with Gasteiger partial charge in [-0.05, 0) is 63.0 Å². The molecule has 1 saturated heterocycles. The van der Waals surface area contributed by atoms with Crippen LogP contribution in [0.2, 0.25) is 0 Å². The van der Waals surface area contributed by atoms with Crippen molar-refractivity contribution in [1.29, 1.82) is 0 Å². The number of benzene rings is 1. The Morgan fingerprint density at radius 2 is 1.76 bits per heavy atom. The lowest BCUT2D eigenvalue weighted by molar-refractivity contribution is 0.352. The summed E-state index contributed by atoms with van der Waals surface area (Å²) in [4.78, 5) is 2.54. The minimum absolute atomic E-state index is 1.04. The highest BCUT2D eigenvalue weighted by molar-refractivity contribution is 9.10. The number of hydrogen-bond acceptors (Lipinski definition) is 2. The summed E-state index contributed by atoms with van der Waals surface area (Å²) in [6.07, 6.45) is 2.74. The molecule has 0 bridgehead atoms. The van der Waals surface area contributed by atoms with Crippen LogP contribution in [0.25, 0.3) is 0 Å². The molecule has 2 rings (SSSR count). The Hall–Kier alpha value is -0.540. The van der Waals surface area contributed by atoms with E-state index in [0.29, 0.717) is 0 Å². The van der Waals surface area contributed by atoms with E-state index in [9.17, 15) is 0 Å². The third-order valence-corrected chi connectivity index (χ3v) is 3.88. The molecule has 1 aliphatic heterocycles. The highest BCUT2D eigenvalue weighted by Crippen LogP contribution is 2.24. The van der Waals surface area contributed by atoms with Crippen molar-refractivity contribution < 1.29 is 0 Å². The molecule has 1 aliphatic rings. The third kappa shape index (κ3) is 3.46. The van der Waals surface area contributed by atoms with Gasteiger partial charge in [0.15, 0.2) is 0 Å².